The number of aromatic nitrogens is 3. The zero-order chi connectivity index (χ0) is 12.4. The average molecular weight is 253 g/mol. The van der Waals surface area contributed by atoms with Gasteiger partial charge < -0.3 is 10.5 Å². The Balaban J connectivity index is 2.14. The molecular formula is C11H13ClN4O. The van der Waals surface area contributed by atoms with Crippen LogP contribution in [0.2, 0.25) is 5.02 Å². The van der Waals surface area contributed by atoms with Crippen molar-refractivity contribution in [3.05, 3.63) is 35.1 Å². The van der Waals surface area contributed by atoms with Crippen LogP contribution in [0.3, 0.4) is 0 Å². The van der Waals surface area contributed by atoms with Gasteiger partial charge in [0.05, 0.1) is 0 Å². The molecule has 1 atom stereocenters. The molecule has 0 radical (unpaired) electrons. The highest BCUT2D eigenvalue weighted by atomic mass is 35.5. The van der Waals surface area contributed by atoms with Crippen LogP contribution < -0.4 is 10.5 Å². The summed E-state index contributed by atoms with van der Waals surface area (Å²) in [4.78, 5) is 4.10. The van der Waals surface area contributed by atoms with Crippen LogP contribution in [0.15, 0.2) is 24.3 Å². The van der Waals surface area contributed by atoms with Gasteiger partial charge in [-0.1, -0.05) is 17.7 Å². The normalized spacial score (nSPS) is 12.4. The molecule has 0 saturated carbocycles. The molecule has 0 fully saturated rings. The molecule has 2 aromatic rings. The number of ether oxygens (including phenoxy) is 1. The number of rotatable bonds is 3. The van der Waals surface area contributed by atoms with E-state index >= 15 is 0 Å². The molecule has 1 unspecified atom stereocenters. The van der Waals surface area contributed by atoms with Crippen molar-refractivity contribution in [3.8, 4) is 5.75 Å². The predicted octanol–water partition coefficient (Wildman–Crippen LogP) is 2.19. The monoisotopic (exact) mass is 252 g/mol. The smallest absolute Gasteiger partial charge is 0.218 e. The molecule has 5 nitrogen and oxygen atoms in total. The van der Waals surface area contributed by atoms with Gasteiger partial charge in [-0.25, -0.2) is 4.68 Å². The number of nitrogens with two attached hydrogens (primary N) is 1. The Hall–Kier alpha value is -1.75. The summed E-state index contributed by atoms with van der Waals surface area (Å²) in [5.74, 6) is 1.59. The quantitative estimate of drug-likeness (QED) is 0.909. The fourth-order valence-electron chi connectivity index (χ4n) is 1.39. The molecule has 0 spiro atoms. The highest BCUT2D eigenvalue weighted by molar-refractivity contribution is 6.30. The average Bonchev–Trinajstić information content (AvgIpc) is 2.59. The topological polar surface area (TPSA) is 66.0 Å². The molecular weight excluding hydrogens is 240 g/mol. The van der Waals surface area contributed by atoms with E-state index in [2.05, 4.69) is 10.1 Å². The molecule has 17 heavy (non-hydrogen) atoms. The van der Waals surface area contributed by atoms with Crippen LogP contribution in [0.4, 0.5) is 5.95 Å². The minimum atomic E-state index is -0.281. The molecule has 6 heteroatoms. The van der Waals surface area contributed by atoms with Crippen molar-refractivity contribution in [1.29, 1.82) is 0 Å². The molecule has 90 valence electrons. The van der Waals surface area contributed by atoms with Gasteiger partial charge in [0.1, 0.15) is 5.75 Å². The number of halogens is 1. The highest BCUT2D eigenvalue weighted by Crippen LogP contribution is 2.22. The Labute approximate surface area is 104 Å². The van der Waals surface area contributed by atoms with E-state index in [1.54, 1.807) is 19.2 Å². The zero-order valence-corrected chi connectivity index (χ0v) is 10.3. The van der Waals surface area contributed by atoms with Crippen molar-refractivity contribution < 1.29 is 4.74 Å². The Bertz CT molecular complexity index is 506. The summed E-state index contributed by atoms with van der Waals surface area (Å²) in [6.45, 7) is 1.86. The summed E-state index contributed by atoms with van der Waals surface area (Å²) in [5, 5.41) is 4.78. The van der Waals surface area contributed by atoms with Crippen LogP contribution in [0, 0.1) is 0 Å². The summed E-state index contributed by atoms with van der Waals surface area (Å²) in [6, 6.07) is 7.18. The molecule has 1 aromatic carbocycles. The lowest BCUT2D eigenvalue weighted by Crippen LogP contribution is -2.05. The molecule has 2 N–H and O–H groups in total. The molecule has 1 heterocycles. The summed E-state index contributed by atoms with van der Waals surface area (Å²) >= 11 is 5.87. The van der Waals surface area contributed by atoms with E-state index in [-0.39, 0.29) is 6.10 Å². The minimum absolute atomic E-state index is 0.281. The molecule has 0 aliphatic rings. The molecule has 0 amide bonds. The van der Waals surface area contributed by atoms with E-state index < -0.39 is 0 Å². The van der Waals surface area contributed by atoms with Crippen molar-refractivity contribution in [1.82, 2.24) is 14.8 Å². The Morgan fingerprint density at radius 2 is 2.24 bits per heavy atom. The number of nitrogen functional groups attached to an aromatic ring is 1. The van der Waals surface area contributed by atoms with E-state index in [1.165, 1.54) is 4.68 Å². The van der Waals surface area contributed by atoms with Gasteiger partial charge in [-0.3, -0.25) is 0 Å². The van der Waals surface area contributed by atoms with Crippen LogP contribution in [-0.2, 0) is 7.05 Å². The fourth-order valence-corrected chi connectivity index (χ4v) is 1.57. The third-order valence-corrected chi connectivity index (χ3v) is 2.52. The lowest BCUT2D eigenvalue weighted by Gasteiger charge is -2.11. The van der Waals surface area contributed by atoms with Gasteiger partial charge in [-0.2, -0.15) is 10.1 Å². The summed E-state index contributed by atoms with van der Waals surface area (Å²) in [6.07, 6.45) is -0.281. The van der Waals surface area contributed by atoms with Crippen LogP contribution in [0.1, 0.15) is 18.9 Å². The van der Waals surface area contributed by atoms with Crippen LogP contribution in [0.5, 0.6) is 5.75 Å². The Morgan fingerprint density at radius 3 is 2.82 bits per heavy atom. The first-order chi connectivity index (χ1) is 8.06. The number of hydrogen-bond acceptors (Lipinski definition) is 4. The van der Waals surface area contributed by atoms with Crippen LogP contribution in [-0.4, -0.2) is 14.8 Å². The lowest BCUT2D eigenvalue weighted by molar-refractivity contribution is 0.216. The number of benzene rings is 1. The standard InChI is InChI=1S/C11H13ClN4O/c1-7(10-14-11(13)16(2)15-10)17-9-5-3-4-8(12)6-9/h3-7H,1-2H3,(H2,13,14,15). The van der Waals surface area contributed by atoms with Crippen molar-refractivity contribution in [2.45, 2.75) is 13.0 Å². The van der Waals surface area contributed by atoms with Crippen molar-refractivity contribution in [3.63, 3.8) is 0 Å². The van der Waals surface area contributed by atoms with Crippen molar-refractivity contribution in [2.75, 3.05) is 5.73 Å². The second-order valence-electron chi connectivity index (χ2n) is 3.67. The number of hydrogen-bond donors (Lipinski definition) is 1. The maximum Gasteiger partial charge on any atom is 0.218 e. The van der Waals surface area contributed by atoms with Crippen LogP contribution in [0.25, 0.3) is 0 Å². The largest absolute Gasteiger partial charge is 0.483 e. The minimum Gasteiger partial charge on any atom is -0.483 e. The van der Waals surface area contributed by atoms with E-state index in [9.17, 15) is 0 Å². The van der Waals surface area contributed by atoms with Gasteiger partial charge in [-0.05, 0) is 25.1 Å². The molecule has 0 bridgehead atoms. The fraction of sp³-hybridized carbons (Fsp3) is 0.273. The van der Waals surface area contributed by atoms with Gasteiger partial charge in [0.2, 0.25) is 5.95 Å². The Kier molecular flexibility index (Phi) is 3.19. The number of aryl methyl sites for hydroxylation is 1. The Morgan fingerprint density at radius 1 is 1.47 bits per heavy atom. The van der Waals surface area contributed by atoms with Gasteiger partial charge in [0.15, 0.2) is 11.9 Å². The molecule has 0 saturated heterocycles. The van der Waals surface area contributed by atoms with Gasteiger partial charge in [0, 0.05) is 12.1 Å². The summed E-state index contributed by atoms with van der Waals surface area (Å²) < 4.78 is 7.18. The SMILES string of the molecule is CC(Oc1cccc(Cl)c1)c1nc(N)n(C)n1. The number of anilines is 1. The first-order valence-corrected chi connectivity index (χ1v) is 5.52. The summed E-state index contributed by atoms with van der Waals surface area (Å²) in [7, 11) is 1.73. The van der Waals surface area contributed by atoms with E-state index in [0.717, 1.165) is 0 Å². The molecule has 1 aromatic heterocycles. The van der Waals surface area contributed by atoms with Gasteiger partial charge in [0.25, 0.3) is 0 Å². The maximum absolute atomic E-state index is 5.87. The lowest BCUT2D eigenvalue weighted by atomic mass is 10.3. The third kappa shape index (κ3) is 2.68. The third-order valence-electron chi connectivity index (χ3n) is 2.29. The predicted molar refractivity (Wildman–Crippen MR) is 65.9 cm³/mol. The van der Waals surface area contributed by atoms with E-state index in [0.29, 0.717) is 22.5 Å². The second kappa shape index (κ2) is 4.63. The number of nitrogens with zero attached hydrogens (tertiary/aromatic N) is 3. The van der Waals surface area contributed by atoms with Crippen molar-refractivity contribution >= 4 is 17.5 Å². The van der Waals surface area contributed by atoms with Gasteiger partial charge >= 0.3 is 0 Å². The second-order valence-corrected chi connectivity index (χ2v) is 4.11. The molecule has 0 aliphatic carbocycles. The molecule has 2 rings (SSSR count). The van der Waals surface area contributed by atoms with Gasteiger partial charge in [-0.15, -0.1) is 0 Å². The highest BCUT2D eigenvalue weighted by Gasteiger charge is 2.14. The molecule has 0 aliphatic heterocycles. The first-order valence-electron chi connectivity index (χ1n) is 5.15. The summed E-state index contributed by atoms with van der Waals surface area (Å²) in [5.41, 5.74) is 5.61. The zero-order valence-electron chi connectivity index (χ0n) is 9.59. The van der Waals surface area contributed by atoms with E-state index in [4.69, 9.17) is 22.1 Å². The van der Waals surface area contributed by atoms with Crippen molar-refractivity contribution in [2.24, 2.45) is 7.05 Å². The van der Waals surface area contributed by atoms with E-state index in [1.807, 2.05) is 19.1 Å². The first kappa shape index (κ1) is 11.7. The van der Waals surface area contributed by atoms with Crippen LogP contribution >= 0.6 is 11.6 Å². The maximum atomic E-state index is 5.87.